The molecule has 0 spiro atoms. The number of anilines is 4. The predicted molar refractivity (Wildman–Crippen MR) is 322 cm³/mol. The van der Waals surface area contributed by atoms with Crippen LogP contribution in [0, 0.1) is 24.7 Å². The number of nitrogens with two attached hydrogens (primary N) is 1. The number of amides is 2. The van der Waals surface area contributed by atoms with Gasteiger partial charge in [-0.3, -0.25) is 19.4 Å². The second-order valence-corrected chi connectivity index (χ2v) is 25.9. The number of hydrogen-bond acceptors (Lipinski definition) is 18. The first-order valence-corrected chi connectivity index (χ1v) is 31.0. The van der Waals surface area contributed by atoms with Crippen LogP contribution in [0.4, 0.5) is 23.0 Å². The van der Waals surface area contributed by atoms with Gasteiger partial charge in [0.2, 0.25) is 17.7 Å². The number of pyridine rings is 1. The Kier molecular flexibility index (Phi) is 16.4. The average molecular weight is 1150 g/mol. The molecule has 8 atom stereocenters. The maximum Gasteiger partial charge on any atom is 0.243 e. The average Bonchev–Trinajstić information content (AvgIpc) is 4.49. The first kappa shape index (κ1) is 56.6. The number of aliphatic hydroxyl groups excluding tert-OH is 1. The summed E-state index contributed by atoms with van der Waals surface area (Å²) in [6, 6.07) is 23.9. The first-order valence-electron chi connectivity index (χ1n) is 30.2. The molecule has 83 heavy (non-hydrogen) atoms. The van der Waals surface area contributed by atoms with Crippen LogP contribution < -0.4 is 30.5 Å². The molecule has 4 unspecified atom stereocenters. The van der Waals surface area contributed by atoms with Gasteiger partial charge in [-0.1, -0.05) is 55.4 Å². The van der Waals surface area contributed by atoms with E-state index < -0.39 is 18.1 Å². The highest BCUT2D eigenvalue weighted by Gasteiger charge is 2.45. The minimum Gasteiger partial charge on any atom is -0.507 e. The fourth-order valence-electron chi connectivity index (χ4n) is 14.4. The van der Waals surface area contributed by atoms with Crippen LogP contribution >= 0.6 is 11.3 Å². The number of para-hydroxylation sites is 1. The Morgan fingerprint density at radius 1 is 0.843 bits per heavy atom. The molecule has 6 aromatic rings. The van der Waals surface area contributed by atoms with Crippen LogP contribution in [-0.2, 0) is 9.59 Å². The number of rotatable bonds is 17. The van der Waals surface area contributed by atoms with Crippen molar-refractivity contribution in [1.82, 2.24) is 45.3 Å². The zero-order valence-corrected chi connectivity index (χ0v) is 49.6. The molecule has 2 aromatic carbocycles. The number of aliphatic hydroxyl groups is 1. The number of nitrogen functional groups attached to an aromatic ring is 1. The Bertz CT molecular complexity index is 3210. The molecule has 0 radical (unpaired) electrons. The van der Waals surface area contributed by atoms with E-state index in [9.17, 15) is 19.8 Å². The summed E-state index contributed by atoms with van der Waals surface area (Å²) in [5.41, 5.74) is 14.5. The summed E-state index contributed by atoms with van der Waals surface area (Å²) in [4.78, 5) is 52.6. The lowest BCUT2D eigenvalue weighted by Crippen LogP contribution is -2.59. The van der Waals surface area contributed by atoms with Gasteiger partial charge >= 0.3 is 0 Å². The van der Waals surface area contributed by atoms with E-state index in [1.807, 2.05) is 87.9 Å². The van der Waals surface area contributed by atoms with Crippen molar-refractivity contribution in [3.63, 3.8) is 0 Å². The summed E-state index contributed by atoms with van der Waals surface area (Å²) in [5.74, 6) is 2.38. The Hall–Kier alpha value is -6.87. The molecule has 6 aliphatic rings. The molecule has 5 N–H and O–H groups in total. The number of carbonyl (C=O) groups is 2. The first-order chi connectivity index (χ1) is 40.1. The van der Waals surface area contributed by atoms with Crippen LogP contribution in [-0.4, -0.2) is 163 Å². The number of hydrogen-bond donors (Lipinski definition) is 4. The van der Waals surface area contributed by atoms with Crippen LogP contribution in [0.2, 0.25) is 0 Å². The van der Waals surface area contributed by atoms with E-state index in [-0.39, 0.29) is 48.6 Å². The smallest absolute Gasteiger partial charge is 0.243 e. The maximum absolute atomic E-state index is 14.5. The number of fused-ring (bicyclic) bond motifs is 2. The largest absolute Gasteiger partial charge is 0.507 e. The summed E-state index contributed by atoms with van der Waals surface area (Å²) >= 11 is 1.60. The number of thiazole rings is 1. The lowest BCUT2D eigenvalue weighted by atomic mass is 9.81. The minimum absolute atomic E-state index is 0.0860. The number of nitrogens with zero attached hydrogens (tertiary/aromatic N) is 11. The molecule has 440 valence electrons. The number of ether oxygens (including phenoxy) is 1. The minimum atomic E-state index is -0.803. The molecule has 2 bridgehead atoms. The van der Waals surface area contributed by atoms with Crippen LogP contribution in [0.25, 0.3) is 21.7 Å². The van der Waals surface area contributed by atoms with Crippen molar-refractivity contribution in [2.24, 2.45) is 17.8 Å². The molecular weight excluding hydrogens is 1070 g/mol. The zero-order valence-electron chi connectivity index (χ0n) is 48.8. The molecule has 9 heterocycles. The van der Waals surface area contributed by atoms with Gasteiger partial charge in [0.15, 0.2) is 17.4 Å². The fourth-order valence-corrected chi connectivity index (χ4v) is 15.2. The third-order valence-corrected chi connectivity index (χ3v) is 19.8. The van der Waals surface area contributed by atoms with Crippen molar-refractivity contribution in [2.75, 3.05) is 79.3 Å². The Morgan fingerprint density at radius 3 is 2.28 bits per heavy atom. The number of aromatic hydroxyl groups is 1. The number of piperidine rings is 1. The molecule has 4 aromatic heterocycles. The van der Waals surface area contributed by atoms with Crippen molar-refractivity contribution >= 4 is 46.2 Å². The summed E-state index contributed by atoms with van der Waals surface area (Å²) in [6.07, 6.45) is 7.78. The highest BCUT2D eigenvalue weighted by atomic mass is 32.1. The van der Waals surface area contributed by atoms with Gasteiger partial charge in [-0.25, -0.2) is 9.97 Å². The van der Waals surface area contributed by atoms with Crippen molar-refractivity contribution < 1.29 is 29.1 Å². The van der Waals surface area contributed by atoms with E-state index in [2.05, 4.69) is 81.1 Å². The Balaban J connectivity index is 0.581. The molecule has 12 rings (SSSR count). The number of aryl methyl sites for hydroxylation is 1. The van der Waals surface area contributed by atoms with Gasteiger partial charge in [-0.2, -0.15) is 0 Å². The van der Waals surface area contributed by atoms with Crippen molar-refractivity contribution in [2.45, 2.75) is 141 Å². The summed E-state index contributed by atoms with van der Waals surface area (Å²) < 4.78 is 12.6. The van der Waals surface area contributed by atoms with E-state index in [0.29, 0.717) is 64.7 Å². The fraction of sp³-hybridized carbons (Fsp3) is 0.540. The normalized spacial score (nSPS) is 25.9. The van der Waals surface area contributed by atoms with Gasteiger partial charge in [-0.05, 0) is 119 Å². The van der Waals surface area contributed by atoms with E-state index in [1.165, 1.54) is 0 Å². The highest BCUT2D eigenvalue weighted by molar-refractivity contribution is 7.13. The molecular formula is C63H81N13O6S. The molecule has 5 saturated heterocycles. The van der Waals surface area contributed by atoms with Gasteiger partial charge < -0.3 is 50.1 Å². The van der Waals surface area contributed by atoms with Crippen molar-refractivity contribution in [3.8, 4) is 33.3 Å². The number of phenols is 1. The van der Waals surface area contributed by atoms with Crippen molar-refractivity contribution in [1.29, 1.82) is 0 Å². The number of nitrogens with one attached hydrogen (secondary N) is 1. The third kappa shape index (κ3) is 12.0. The van der Waals surface area contributed by atoms with E-state index >= 15 is 0 Å². The van der Waals surface area contributed by atoms with Gasteiger partial charge in [0.25, 0.3) is 0 Å². The number of likely N-dealkylation sites (tertiary alicyclic amines) is 1. The lowest BCUT2D eigenvalue weighted by Gasteiger charge is -2.48. The molecule has 1 saturated carbocycles. The van der Waals surface area contributed by atoms with Crippen LogP contribution in [0.1, 0.15) is 109 Å². The summed E-state index contributed by atoms with van der Waals surface area (Å²) in [6.45, 7) is 20.4. The second-order valence-electron chi connectivity index (χ2n) is 25.0. The van der Waals surface area contributed by atoms with Gasteiger partial charge in [-0.15, -0.1) is 21.5 Å². The highest BCUT2D eigenvalue weighted by Crippen LogP contribution is 2.42. The SMILES string of the molecule is Cc1ncsc1-c1ccc([C@H](C)NC(=O)[C@@H]2C[C@@H](O)CN2C(=O)[C@@H](c2cc(N3CCC(CN4C(C)CN(C[C@H]5C[C@H](Oc6cc(N7C8CCC7CN(c7cc(-c9ccccc9O)nnc7N)C8)ccn6)C5)CC4C)CC3)no2)C(C)C)cc1. The van der Waals surface area contributed by atoms with Crippen LogP contribution in [0.5, 0.6) is 11.6 Å². The van der Waals surface area contributed by atoms with E-state index in [4.69, 9.17) is 15.0 Å². The number of benzene rings is 2. The van der Waals surface area contributed by atoms with E-state index in [0.717, 1.165) is 130 Å². The third-order valence-electron chi connectivity index (χ3n) is 18.8. The van der Waals surface area contributed by atoms with Gasteiger partial charge in [0.05, 0.1) is 39.6 Å². The lowest BCUT2D eigenvalue weighted by molar-refractivity contribution is -0.141. The topological polar surface area (TPSA) is 219 Å². The van der Waals surface area contributed by atoms with E-state index in [1.54, 1.807) is 28.4 Å². The number of aromatic nitrogens is 5. The Labute approximate surface area is 491 Å². The molecule has 1 aliphatic carbocycles. The number of piperazine rings is 2. The summed E-state index contributed by atoms with van der Waals surface area (Å²) in [5, 5.41) is 37.6. The van der Waals surface area contributed by atoms with Crippen molar-refractivity contribution in [3.05, 3.63) is 102 Å². The second kappa shape index (κ2) is 24.0. The number of β-amino-alcohol motifs (C(OH)–C–C–N with tert-alkyl or cyclic N) is 1. The van der Waals surface area contributed by atoms with Crippen LogP contribution in [0.15, 0.2) is 89.0 Å². The van der Waals surface area contributed by atoms with Gasteiger partial charge in [0, 0.05) is 119 Å². The molecule has 5 aliphatic heterocycles. The predicted octanol–water partition coefficient (Wildman–Crippen LogP) is 8.15. The maximum atomic E-state index is 14.5. The number of carbonyl (C=O) groups excluding carboxylic acids is 2. The monoisotopic (exact) mass is 1150 g/mol. The summed E-state index contributed by atoms with van der Waals surface area (Å²) in [7, 11) is 0. The van der Waals surface area contributed by atoms with Crippen LogP contribution in [0.3, 0.4) is 0 Å². The molecule has 20 heteroatoms. The Morgan fingerprint density at radius 2 is 1.58 bits per heavy atom. The molecule has 6 fully saturated rings. The van der Waals surface area contributed by atoms with Gasteiger partial charge in [0.1, 0.15) is 23.8 Å². The molecule has 19 nitrogen and oxygen atoms in total. The standard InChI is InChI=1S/C63H81N13O6S/c1-37(2)59(63(80)75-35-49(77)26-54(75)62(79)67-40(5)44-11-13-45(14-12-44)60-41(6)66-36-83-60)56-28-57(70-82-56)72-21-18-42(19-22-72)32-74-38(3)29-71(30-39(74)4)31-43-23-50(24-43)81-58-25-46(17-20-65-58)76-47-15-16-48(76)34-73(33-47)53-27-52(68-69-61(53)64)51-9-7-8-10-55(51)78/h7-14,17,20,25,27-28,36-40,42-43,47-50,54,59,77-78H,15-16,18-19,21-24,26,29-35H2,1-6H3,(H2,64,69)(H,67,79)/t38?,39?,40-,43-,47?,48?,49+,50-,54-,59+/m0/s1. The quantitative estimate of drug-likeness (QED) is 0.0677. The molecule has 2 amide bonds. The number of phenolic OH excluding ortho intramolecular Hbond substituents is 1. The zero-order chi connectivity index (χ0) is 57.6.